The highest BCUT2D eigenvalue weighted by molar-refractivity contribution is 7.80. The molecule has 2 aromatic rings. The molecule has 0 saturated carbocycles. The van der Waals surface area contributed by atoms with Crippen molar-refractivity contribution in [1.29, 1.82) is 0 Å². The molecule has 21 heavy (non-hydrogen) atoms. The van der Waals surface area contributed by atoms with Crippen LogP contribution in [0.4, 0.5) is 11.5 Å². The van der Waals surface area contributed by atoms with Gasteiger partial charge in [-0.15, -0.1) is 0 Å². The number of nitrogens with one attached hydrogen (secondary N) is 2. The summed E-state index contributed by atoms with van der Waals surface area (Å²) in [5.41, 5.74) is 3.28. The van der Waals surface area contributed by atoms with Crippen LogP contribution in [0.2, 0.25) is 0 Å². The Morgan fingerprint density at radius 3 is 2.43 bits per heavy atom. The Hall–Kier alpha value is -1.88. The maximum Gasteiger partial charge on any atom is 0.176 e. The Labute approximate surface area is 130 Å². The summed E-state index contributed by atoms with van der Waals surface area (Å²) >= 11 is 5.31. The first-order valence-electron chi connectivity index (χ1n) is 6.88. The summed E-state index contributed by atoms with van der Waals surface area (Å²) < 4.78 is 5.32. The molecule has 0 aliphatic heterocycles. The first kappa shape index (κ1) is 15.5. The van der Waals surface area contributed by atoms with Gasteiger partial charge in [0.25, 0.3) is 0 Å². The molecule has 1 heterocycles. The van der Waals surface area contributed by atoms with E-state index in [4.69, 9.17) is 16.7 Å². The third-order valence-electron chi connectivity index (χ3n) is 3.12. The quantitative estimate of drug-likeness (QED) is 0.805. The molecular formula is C16H21N3OS. The van der Waals surface area contributed by atoms with E-state index in [1.54, 1.807) is 0 Å². The molecule has 0 amide bonds. The summed E-state index contributed by atoms with van der Waals surface area (Å²) in [7, 11) is 0. The molecule has 0 aliphatic carbocycles. The van der Waals surface area contributed by atoms with Crippen LogP contribution in [0.5, 0.6) is 0 Å². The molecule has 2 rings (SSSR count). The maximum absolute atomic E-state index is 5.32. The maximum atomic E-state index is 5.32. The van der Waals surface area contributed by atoms with Crippen LogP contribution >= 0.6 is 12.2 Å². The molecule has 0 bridgehead atoms. The lowest BCUT2D eigenvalue weighted by Crippen LogP contribution is -2.19. The highest BCUT2D eigenvalue weighted by atomic mass is 32.1. The number of thiocarbonyl (C=S) groups is 1. The minimum Gasteiger partial charge on any atom is -0.359 e. The Bertz CT molecular complexity index is 656. The van der Waals surface area contributed by atoms with E-state index in [9.17, 15) is 0 Å². The fourth-order valence-corrected chi connectivity index (χ4v) is 2.13. The number of hydrogen-bond acceptors (Lipinski definition) is 3. The van der Waals surface area contributed by atoms with Gasteiger partial charge >= 0.3 is 0 Å². The van der Waals surface area contributed by atoms with Gasteiger partial charge in [-0.05, 0) is 37.7 Å². The zero-order valence-corrected chi connectivity index (χ0v) is 13.9. The largest absolute Gasteiger partial charge is 0.359 e. The van der Waals surface area contributed by atoms with Gasteiger partial charge in [0.15, 0.2) is 10.9 Å². The SMILES string of the molecule is Cc1ccc(NC(=S)Nc2cc(C(C)(C)C)on2)c(C)c1. The van der Waals surface area contributed by atoms with Crippen molar-refractivity contribution in [2.45, 2.75) is 40.0 Å². The number of aromatic nitrogens is 1. The first-order chi connectivity index (χ1) is 9.75. The second kappa shape index (κ2) is 5.85. The van der Waals surface area contributed by atoms with Gasteiger partial charge in [-0.25, -0.2) is 0 Å². The summed E-state index contributed by atoms with van der Waals surface area (Å²) in [6.45, 7) is 10.3. The molecule has 4 nitrogen and oxygen atoms in total. The Morgan fingerprint density at radius 2 is 1.86 bits per heavy atom. The van der Waals surface area contributed by atoms with Crippen molar-refractivity contribution in [3.05, 3.63) is 41.2 Å². The van der Waals surface area contributed by atoms with Crippen LogP contribution in [0.15, 0.2) is 28.8 Å². The molecule has 2 N–H and O–H groups in total. The standard InChI is InChI=1S/C16H21N3OS/c1-10-6-7-12(11(2)8-10)17-15(21)18-14-9-13(20-19-14)16(3,4)5/h6-9H,1-5H3,(H2,17,18,19,21). The summed E-state index contributed by atoms with van der Waals surface area (Å²) in [4.78, 5) is 0. The van der Waals surface area contributed by atoms with E-state index < -0.39 is 0 Å². The van der Waals surface area contributed by atoms with Crippen molar-refractivity contribution < 1.29 is 4.52 Å². The monoisotopic (exact) mass is 303 g/mol. The minimum absolute atomic E-state index is 0.0739. The van der Waals surface area contributed by atoms with Crippen molar-refractivity contribution in [3.63, 3.8) is 0 Å². The topological polar surface area (TPSA) is 50.1 Å². The third-order valence-corrected chi connectivity index (χ3v) is 3.33. The van der Waals surface area contributed by atoms with Crippen molar-refractivity contribution in [2.24, 2.45) is 0 Å². The van der Waals surface area contributed by atoms with Crippen molar-refractivity contribution in [2.75, 3.05) is 10.6 Å². The number of rotatable bonds is 2. The molecule has 1 aromatic heterocycles. The van der Waals surface area contributed by atoms with E-state index in [0.29, 0.717) is 10.9 Å². The second-order valence-corrected chi connectivity index (χ2v) is 6.63. The number of benzene rings is 1. The number of anilines is 2. The number of nitrogens with zero attached hydrogens (tertiary/aromatic N) is 1. The highest BCUT2D eigenvalue weighted by Crippen LogP contribution is 2.24. The normalized spacial score (nSPS) is 11.3. The van der Waals surface area contributed by atoms with E-state index in [1.165, 1.54) is 5.56 Å². The molecule has 0 unspecified atom stereocenters. The molecule has 5 heteroatoms. The highest BCUT2D eigenvalue weighted by Gasteiger charge is 2.19. The minimum atomic E-state index is -0.0739. The Balaban J connectivity index is 2.03. The van der Waals surface area contributed by atoms with Gasteiger partial charge in [-0.3, -0.25) is 0 Å². The second-order valence-electron chi connectivity index (χ2n) is 6.22. The molecule has 0 aliphatic rings. The van der Waals surface area contributed by atoms with Gasteiger partial charge in [0.2, 0.25) is 0 Å². The smallest absolute Gasteiger partial charge is 0.176 e. The molecule has 0 atom stereocenters. The average molecular weight is 303 g/mol. The van der Waals surface area contributed by atoms with Gasteiger partial charge in [0, 0.05) is 17.2 Å². The van der Waals surface area contributed by atoms with E-state index in [0.717, 1.165) is 17.0 Å². The van der Waals surface area contributed by atoms with E-state index >= 15 is 0 Å². The van der Waals surface area contributed by atoms with E-state index in [-0.39, 0.29) is 5.41 Å². The summed E-state index contributed by atoms with van der Waals surface area (Å²) in [6, 6.07) is 8.04. The Morgan fingerprint density at radius 1 is 1.14 bits per heavy atom. The van der Waals surface area contributed by atoms with Crippen molar-refractivity contribution in [1.82, 2.24) is 5.16 Å². The van der Waals surface area contributed by atoms with Gasteiger partial charge in [0.1, 0.15) is 5.76 Å². The molecule has 0 fully saturated rings. The zero-order valence-electron chi connectivity index (χ0n) is 13.1. The van der Waals surface area contributed by atoms with Gasteiger partial charge in [-0.1, -0.05) is 43.6 Å². The fourth-order valence-electron chi connectivity index (χ4n) is 1.91. The zero-order chi connectivity index (χ0) is 15.6. The van der Waals surface area contributed by atoms with Crippen LogP contribution in [0, 0.1) is 13.8 Å². The summed E-state index contributed by atoms with van der Waals surface area (Å²) in [6.07, 6.45) is 0. The lowest BCUT2D eigenvalue weighted by molar-refractivity contribution is 0.331. The van der Waals surface area contributed by atoms with Crippen molar-refractivity contribution in [3.8, 4) is 0 Å². The summed E-state index contributed by atoms with van der Waals surface area (Å²) in [5.74, 6) is 1.43. The van der Waals surface area contributed by atoms with Crippen LogP contribution in [-0.2, 0) is 5.41 Å². The number of aryl methyl sites for hydroxylation is 2. The van der Waals surface area contributed by atoms with E-state index in [2.05, 4.69) is 49.6 Å². The first-order valence-corrected chi connectivity index (χ1v) is 7.29. The molecule has 112 valence electrons. The molecule has 1 aromatic carbocycles. The summed E-state index contributed by atoms with van der Waals surface area (Å²) in [5, 5.41) is 10.7. The molecule has 0 spiro atoms. The number of hydrogen-bond donors (Lipinski definition) is 2. The molecular weight excluding hydrogens is 282 g/mol. The molecule has 0 saturated heterocycles. The van der Waals surface area contributed by atoms with Gasteiger partial charge in [-0.2, -0.15) is 0 Å². The predicted molar refractivity (Wildman–Crippen MR) is 91.0 cm³/mol. The van der Waals surface area contributed by atoms with Crippen LogP contribution in [-0.4, -0.2) is 10.3 Å². The average Bonchev–Trinajstić information content (AvgIpc) is 2.81. The fraction of sp³-hybridized carbons (Fsp3) is 0.375. The lowest BCUT2D eigenvalue weighted by Gasteiger charge is -2.12. The van der Waals surface area contributed by atoms with Gasteiger partial charge in [0.05, 0.1) is 0 Å². The van der Waals surface area contributed by atoms with Crippen LogP contribution in [0.25, 0.3) is 0 Å². The van der Waals surface area contributed by atoms with Crippen molar-refractivity contribution >= 4 is 28.8 Å². The predicted octanol–water partition coefficient (Wildman–Crippen LogP) is 4.40. The van der Waals surface area contributed by atoms with Crippen LogP contribution in [0.3, 0.4) is 0 Å². The lowest BCUT2D eigenvalue weighted by atomic mass is 9.93. The van der Waals surface area contributed by atoms with Gasteiger partial charge < -0.3 is 15.2 Å². The van der Waals surface area contributed by atoms with Crippen LogP contribution < -0.4 is 10.6 Å². The third kappa shape index (κ3) is 4.04. The van der Waals surface area contributed by atoms with E-state index in [1.807, 2.05) is 25.1 Å². The molecule has 0 radical (unpaired) electrons. The Kier molecular flexibility index (Phi) is 4.32. The van der Waals surface area contributed by atoms with Crippen LogP contribution in [0.1, 0.15) is 37.7 Å².